The van der Waals surface area contributed by atoms with Crippen LogP contribution in [0.1, 0.15) is 13.8 Å². The molecule has 0 spiro atoms. The summed E-state index contributed by atoms with van der Waals surface area (Å²) in [7, 11) is 0. The number of nitrogens with zero attached hydrogens (tertiary/aromatic N) is 2. The predicted octanol–water partition coefficient (Wildman–Crippen LogP) is 2.00. The van der Waals surface area contributed by atoms with Crippen LogP contribution < -0.4 is 16.6 Å². The van der Waals surface area contributed by atoms with Gasteiger partial charge in [-0.25, -0.2) is 10.8 Å². The third-order valence-electron chi connectivity index (χ3n) is 2.72. The quantitative estimate of drug-likeness (QED) is 0.407. The van der Waals surface area contributed by atoms with Crippen molar-refractivity contribution in [3.63, 3.8) is 0 Å². The van der Waals surface area contributed by atoms with Crippen molar-refractivity contribution in [3.05, 3.63) is 24.3 Å². The molecule has 0 atom stereocenters. The molecule has 0 fully saturated rings. The van der Waals surface area contributed by atoms with E-state index in [0.717, 1.165) is 23.3 Å². The summed E-state index contributed by atoms with van der Waals surface area (Å²) in [5.74, 6) is 7.09. The first-order valence-corrected chi connectivity index (χ1v) is 6.75. The van der Waals surface area contributed by atoms with E-state index < -0.39 is 0 Å². The zero-order valence-corrected chi connectivity index (χ0v) is 11.9. The SMILES string of the molecule is CC(C)COCCNc1nc(NN)nc2ccccc12. The van der Waals surface area contributed by atoms with E-state index in [1.54, 1.807) is 0 Å². The van der Waals surface area contributed by atoms with Crippen molar-refractivity contribution >= 4 is 22.7 Å². The Morgan fingerprint density at radius 1 is 1.25 bits per heavy atom. The van der Waals surface area contributed by atoms with Crippen LogP contribution in [-0.4, -0.2) is 29.7 Å². The molecule has 6 nitrogen and oxygen atoms in total. The van der Waals surface area contributed by atoms with Crippen LogP contribution in [0, 0.1) is 5.92 Å². The van der Waals surface area contributed by atoms with Gasteiger partial charge in [-0.2, -0.15) is 4.98 Å². The molecule has 2 rings (SSSR count). The van der Waals surface area contributed by atoms with Crippen LogP contribution >= 0.6 is 0 Å². The lowest BCUT2D eigenvalue weighted by molar-refractivity contribution is 0.118. The minimum absolute atomic E-state index is 0.397. The van der Waals surface area contributed by atoms with Gasteiger partial charge in [0.2, 0.25) is 5.95 Å². The lowest BCUT2D eigenvalue weighted by Gasteiger charge is -2.11. The molecule has 1 aromatic heterocycles. The van der Waals surface area contributed by atoms with Gasteiger partial charge in [0.1, 0.15) is 5.82 Å². The van der Waals surface area contributed by atoms with Gasteiger partial charge in [0, 0.05) is 18.5 Å². The number of para-hydroxylation sites is 1. The van der Waals surface area contributed by atoms with E-state index in [2.05, 4.69) is 34.6 Å². The minimum atomic E-state index is 0.397. The molecule has 1 heterocycles. The van der Waals surface area contributed by atoms with E-state index in [1.807, 2.05) is 24.3 Å². The van der Waals surface area contributed by atoms with Crippen LogP contribution in [-0.2, 0) is 4.74 Å². The number of aromatic nitrogens is 2. The van der Waals surface area contributed by atoms with Gasteiger partial charge in [0.05, 0.1) is 12.1 Å². The molecule has 0 radical (unpaired) electrons. The van der Waals surface area contributed by atoms with Gasteiger partial charge in [-0.1, -0.05) is 26.0 Å². The van der Waals surface area contributed by atoms with E-state index in [-0.39, 0.29) is 0 Å². The summed E-state index contributed by atoms with van der Waals surface area (Å²) in [5.41, 5.74) is 3.33. The highest BCUT2D eigenvalue weighted by molar-refractivity contribution is 5.89. The maximum absolute atomic E-state index is 5.54. The summed E-state index contributed by atoms with van der Waals surface area (Å²) >= 11 is 0. The van der Waals surface area contributed by atoms with Gasteiger partial charge in [0.15, 0.2) is 0 Å². The van der Waals surface area contributed by atoms with Crippen molar-refractivity contribution in [2.45, 2.75) is 13.8 Å². The van der Waals surface area contributed by atoms with Crippen molar-refractivity contribution in [1.82, 2.24) is 9.97 Å². The highest BCUT2D eigenvalue weighted by Crippen LogP contribution is 2.21. The number of hydrogen-bond donors (Lipinski definition) is 3. The molecule has 0 saturated carbocycles. The maximum atomic E-state index is 5.54. The van der Waals surface area contributed by atoms with E-state index in [4.69, 9.17) is 10.6 Å². The fourth-order valence-corrected chi connectivity index (χ4v) is 1.84. The Morgan fingerprint density at radius 2 is 2.05 bits per heavy atom. The molecule has 108 valence electrons. The fourth-order valence-electron chi connectivity index (χ4n) is 1.84. The molecule has 0 unspecified atom stereocenters. The number of nitrogen functional groups attached to an aromatic ring is 1. The van der Waals surface area contributed by atoms with Crippen LogP contribution in [0.5, 0.6) is 0 Å². The summed E-state index contributed by atoms with van der Waals surface area (Å²) in [6.45, 7) is 6.36. The highest BCUT2D eigenvalue weighted by Gasteiger charge is 2.06. The van der Waals surface area contributed by atoms with Crippen molar-refractivity contribution in [3.8, 4) is 0 Å². The standard InChI is InChI=1S/C14H21N5O/c1-10(2)9-20-8-7-16-13-11-5-3-4-6-12(11)17-14(18-13)19-15/h3-6,10H,7-9,15H2,1-2H3,(H2,16,17,18,19). The van der Waals surface area contributed by atoms with Crippen LogP contribution in [0.4, 0.5) is 11.8 Å². The number of rotatable bonds is 7. The molecular formula is C14H21N5O. The molecule has 6 heteroatoms. The monoisotopic (exact) mass is 275 g/mol. The van der Waals surface area contributed by atoms with Crippen LogP contribution in [0.3, 0.4) is 0 Å². The Bertz CT molecular complexity index is 558. The molecule has 0 amide bonds. The van der Waals surface area contributed by atoms with Crippen LogP contribution in [0.25, 0.3) is 10.9 Å². The maximum Gasteiger partial charge on any atom is 0.239 e. The van der Waals surface area contributed by atoms with E-state index in [0.29, 0.717) is 25.0 Å². The number of hydrazine groups is 1. The van der Waals surface area contributed by atoms with Gasteiger partial charge in [-0.15, -0.1) is 0 Å². The number of anilines is 2. The highest BCUT2D eigenvalue weighted by atomic mass is 16.5. The second kappa shape index (κ2) is 7.02. The summed E-state index contributed by atoms with van der Waals surface area (Å²) in [6.07, 6.45) is 0. The van der Waals surface area contributed by atoms with Crippen molar-refractivity contribution < 1.29 is 4.74 Å². The Balaban J connectivity index is 2.04. The smallest absolute Gasteiger partial charge is 0.239 e. The summed E-state index contributed by atoms with van der Waals surface area (Å²) in [5, 5.41) is 4.23. The van der Waals surface area contributed by atoms with Gasteiger partial charge >= 0.3 is 0 Å². The van der Waals surface area contributed by atoms with Gasteiger partial charge in [-0.05, 0) is 18.1 Å². The first-order valence-electron chi connectivity index (χ1n) is 6.75. The lowest BCUT2D eigenvalue weighted by Crippen LogP contribution is -2.15. The first kappa shape index (κ1) is 14.5. The van der Waals surface area contributed by atoms with E-state index >= 15 is 0 Å². The Labute approximate surface area is 118 Å². The summed E-state index contributed by atoms with van der Waals surface area (Å²) in [4.78, 5) is 8.64. The number of ether oxygens (including phenoxy) is 1. The van der Waals surface area contributed by atoms with Gasteiger partial charge in [0.25, 0.3) is 0 Å². The lowest BCUT2D eigenvalue weighted by atomic mass is 10.2. The predicted molar refractivity (Wildman–Crippen MR) is 81.5 cm³/mol. The molecule has 0 aliphatic heterocycles. The molecule has 1 aromatic carbocycles. The Morgan fingerprint density at radius 3 is 2.80 bits per heavy atom. The van der Waals surface area contributed by atoms with Crippen molar-refractivity contribution in [2.24, 2.45) is 11.8 Å². The molecule has 2 aromatic rings. The molecule has 0 aliphatic rings. The second-order valence-corrected chi connectivity index (χ2v) is 4.95. The number of nitrogens with one attached hydrogen (secondary N) is 2. The van der Waals surface area contributed by atoms with Crippen molar-refractivity contribution in [1.29, 1.82) is 0 Å². The van der Waals surface area contributed by atoms with Gasteiger partial charge in [-0.3, -0.25) is 5.43 Å². The summed E-state index contributed by atoms with van der Waals surface area (Å²) in [6, 6.07) is 7.80. The summed E-state index contributed by atoms with van der Waals surface area (Å²) < 4.78 is 5.54. The Hall–Kier alpha value is -1.92. The fraction of sp³-hybridized carbons (Fsp3) is 0.429. The molecule has 0 bridgehead atoms. The topological polar surface area (TPSA) is 85.1 Å². The van der Waals surface area contributed by atoms with Crippen LogP contribution in [0.15, 0.2) is 24.3 Å². The number of fused-ring (bicyclic) bond motifs is 1. The zero-order valence-electron chi connectivity index (χ0n) is 11.9. The number of nitrogens with two attached hydrogens (primary N) is 1. The molecule has 20 heavy (non-hydrogen) atoms. The van der Waals surface area contributed by atoms with Gasteiger partial charge < -0.3 is 10.1 Å². The van der Waals surface area contributed by atoms with Crippen molar-refractivity contribution in [2.75, 3.05) is 30.5 Å². The third kappa shape index (κ3) is 3.79. The normalized spacial score (nSPS) is 11.0. The average molecular weight is 275 g/mol. The number of benzene rings is 1. The average Bonchev–Trinajstić information content (AvgIpc) is 2.46. The third-order valence-corrected chi connectivity index (χ3v) is 2.72. The molecular weight excluding hydrogens is 254 g/mol. The zero-order chi connectivity index (χ0) is 14.4. The minimum Gasteiger partial charge on any atom is -0.379 e. The van der Waals surface area contributed by atoms with Crippen LogP contribution in [0.2, 0.25) is 0 Å². The largest absolute Gasteiger partial charge is 0.379 e. The molecule has 0 saturated heterocycles. The van der Waals surface area contributed by atoms with E-state index in [1.165, 1.54) is 0 Å². The molecule has 4 N–H and O–H groups in total. The molecule has 0 aliphatic carbocycles. The van der Waals surface area contributed by atoms with E-state index in [9.17, 15) is 0 Å². The Kier molecular flexibility index (Phi) is 5.09. The second-order valence-electron chi connectivity index (χ2n) is 4.95. The first-order chi connectivity index (χ1) is 9.70. The number of hydrogen-bond acceptors (Lipinski definition) is 6.